The molecule has 0 amide bonds. The third kappa shape index (κ3) is 7.11. The van der Waals surface area contributed by atoms with Crippen LogP contribution in [-0.4, -0.2) is 23.3 Å². The maximum atomic E-state index is 9.88. The largest absolute Gasteiger partial charge is 0.387 e. The van der Waals surface area contributed by atoms with Gasteiger partial charge in [0.25, 0.3) is 0 Å². The number of allylic oxidation sites excluding steroid dienone is 3. The molecule has 2 N–H and O–H groups in total. The molecule has 0 saturated heterocycles. The SMILES string of the molecule is C=C/C=C\C(=C/C)C(O)CNC(C)(C)C. The fourth-order valence-corrected chi connectivity index (χ4v) is 1.10. The normalized spacial score (nSPS) is 15.7. The van der Waals surface area contributed by atoms with E-state index < -0.39 is 6.10 Å². The fraction of sp³-hybridized carbons (Fsp3) is 0.538. The van der Waals surface area contributed by atoms with Crippen molar-refractivity contribution in [1.82, 2.24) is 5.32 Å². The van der Waals surface area contributed by atoms with Crippen molar-refractivity contribution in [1.29, 1.82) is 0 Å². The lowest BCUT2D eigenvalue weighted by atomic mass is 10.1. The molecule has 0 fully saturated rings. The summed E-state index contributed by atoms with van der Waals surface area (Å²) in [4.78, 5) is 0. The summed E-state index contributed by atoms with van der Waals surface area (Å²) in [7, 11) is 0. The molecule has 0 aliphatic heterocycles. The molecule has 2 nitrogen and oxygen atoms in total. The molecule has 0 rings (SSSR count). The summed E-state index contributed by atoms with van der Waals surface area (Å²) in [6.07, 6.45) is 6.85. The maximum Gasteiger partial charge on any atom is 0.0911 e. The fourth-order valence-electron chi connectivity index (χ4n) is 1.10. The van der Waals surface area contributed by atoms with Gasteiger partial charge in [-0.05, 0) is 33.3 Å². The van der Waals surface area contributed by atoms with Crippen molar-refractivity contribution >= 4 is 0 Å². The average molecular weight is 209 g/mol. The van der Waals surface area contributed by atoms with Crippen LogP contribution >= 0.6 is 0 Å². The predicted octanol–water partition coefficient (Wildman–Crippen LogP) is 2.42. The van der Waals surface area contributed by atoms with Crippen LogP contribution in [0.25, 0.3) is 0 Å². The molecule has 0 aromatic rings. The van der Waals surface area contributed by atoms with Gasteiger partial charge < -0.3 is 10.4 Å². The van der Waals surface area contributed by atoms with E-state index in [2.05, 4.69) is 32.7 Å². The van der Waals surface area contributed by atoms with Crippen molar-refractivity contribution in [2.75, 3.05) is 6.54 Å². The van der Waals surface area contributed by atoms with Crippen molar-refractivity contribution in [3.63, 3.8) is 0 Å². The van der Waals surface area contributed by atoms with E-state index in [1.165, 1.54) is 0 Å². The van der Waals surface area contributed by atoms with E-state index in [-0.39, 0.29) is 5.54 Å². The van der Waals surface area contributed by atoms with Gasteiger partial charge in [0, 0.05) is 12.1 Å². The first-order valence-electron chi connectivity index (χ1n) is 5.29. The van der Waals surface area contributed by atoms with Crippen LogP contribution in [-0.2, 0) is 0 Å². The van der Waals surface area contributed by atoms with Crippen LogP contribution in [0.3, 0.4) is 0 Å². The Morgan fingerprint density at radius 3 is 2.47 bits per heavy atom. The van der Waals surface area contributed by atoms with Crippen LogP contribution in [0, 0.1) is 0 Å². The van der Waals surface area contributed by atoms with E-state index in [4.69, 9.17) is 0 Å². The maximum absolute atomic E-state index is 9.88. The molecule has 15 heavy (non-hydrogen) atoms. The zero-order valence-corrected chi connectivity index (χ0v) is 10.2. The Bertz CT molecular complexity index is 246. The molecule has 0 aromatic carbocycles. The van der Waals surface area contributed by atoms with Crippen molar-refractivity contribution in [3.05, 3.63) is 36.5 Å². The molecule has 0 radical (unpaired) electrons. The summed E-state index contributed by atoms with van der Waals surface area (Å²) >= 11 is 0. The van der Waals surface area contributed by atoms with Gasteiger partial charge in [-0.1, -0.05) is 30.9 Å². The molecular weight excluding hydrogens is 186 g/mol. The predicted molar refractivity (Wildman–Crippen MR) is 66.9 cm³/mol. The first kappa shape index (κ1) is 14.1. The highest BCUT2D eigenvalue weighted by molar-refractivity contribution is 5.25. The van der Waals surface area contributed by atoms with Crippen LogP contribution < -0.4 is 5.32 Å². The van der Waals surface area contributed by atoms with Gasteiger partial charge in [-0.25, -0.2) is 0 Å². The number of aliphatic hydroxyl groups excluding tert-OH is 1. The van der Waals surface area contributed by atoms with Gasteiger partial charge in [0.05, 0.1) is 6.10 Å². The van der Waals surface area contributed by atoms with E-state index in [0.717, 1.165) is 5.57 Å². The summed E-state index contributed by atoms with van der Waals surface area (Å²) in [5.41, 5.74) is 0.939. The Hall–Kier alpha value is -0.860. The molecular formula is C13H23NO. The topological polar surface area (TPSA) is 32.3 Å². The summed E-state index contributed by atoms with van der Waals surface area (Å²) in [5, 5.41) is 13.1. The standard InChI is InChI=1S/C13H23NO/c1-6-8-9-11(7-2)12(15)10-14-13(3,4)5/h6-9,12,14-15H,1,10H2,2-5H3/b9-8-,11-7+. The lowest BCUT2D eigenvalue weighted by molar-refractivity contribution is 0.197. The van der Waals surface area contributed by atoms with Crippen LogP contribution in [0.4, 0.5) is 0 Å². The Morgan fingerprint density at radius 2 is 2.07 bits per heavy atom. The summed E-state index contributed by atoms with van der Waals surface area (Å²) < 4.78 is 0. The molecule has 0 bridgehead atoms. The molecule has 0 aliphatic rings. The molecule has 86 valence electrons. The van der Waals surface area contributed by atoms with Gasteiger partial charge in [-0.15, -0.1) is 0 Å². The molecule has 0 aliphatic carbocycles. The second kappa shape index (κ2) is 6.59. The zero-order valence-electron chi connectivity index (χ0n) is 10.2. The minimum Gasteiger partial charge on any atom is -0.387 e. The second-order valence-electron chi connectivity index (χ2n) is 4.53. The van der Waals surface area contributed by atoms with Gasteiger partial charge in [-0.2, -0.15) is 0 Å². The van der Waals surface area contributed by atoms with E-state index in [1.807, 2.05) is 25.2 Å². The lowest BCUT2D eigenvalue weighted by Crippen LogP contribution is -2.41. The van der Waals surface area contributed by atoms with Crippen molar-refractivity contribution < 1.29 is 5.11 Å². The van der Waals surface area contributed by atoms with E-state index in [9.17, 15) is 5.11 Å². The first-order chi connectivity index (χ1) is 6.90. The quantitative estimate of drug-likeness (QED) is 0.682. The van der Waals surface area contributed by atoms with Crippen molar-refractivity contribution in [3.8, 4) is 0 Å². The third-order valence-electron chi connectivity index (χ3n) is 1.97. The number of β-amino-alcohol motifs (C(OH)–C–C–N with tert-alkyl or cyclic N) is 1. The van der Waals surface area contributed by atoms with Crippen LogP contribution in [0.1, 0.15) is 27.7 Å². The van der Waals surface area contributed by atoms with Crippen molar-refractivity contribution in [2.24, 2.45) is 0 Å². The van der Waals surface area contributed by atoms with Crippen LogP contribution in [0.15, 0.2) is 36.5 Å². The second-order valence-corrected chi connectivity index (χ2v) is 4.53. The smallest absolute Gasteiger partial charge is 0.0911 e. The van der Waals surface area contributed by atoms with Crippen LogP contribution in [0.2, 0.25) is 0 Å². The molecule has 0 heterocycles. The van der Waals surface area contributed by atoms with Gasteiger partial charge in [-0.3, -0.25) is 0 Å². The first-order valence-corrected chi connectivity index (χ1v) is 5.29. The Kier molecular flexibility index (Phi) is 6.21. The highest BCUT2D eigenvalue weighted by atomic mass is 16.3. The molecule has 1 unspecified atom stereocenters. The molecule has 2 heteroatoms. The van der Waals surface area contributed by atoms with E-state index in [0.29, 0.717) is 6.54 Å². The molecule has 0 aromatic heterocycles. The molecule has 0 saturated carbocycles. The molecule has 1 atom stereocenters. The monoisotopic (exact) mass is 209 g/mol. The summed E-state index contributed by atoms with van der Waals surface area (Å²) in [6, 6.07) is 0. The van der Waals surface area contributed by atoms with Gasteiger partial charge in [0.2, 0.25) is 0 Å². The highest BCUT2D eigenvalue weighted by Crippen LogP contribution is 2.06. The Balaban J connectivity index is 4.23. The average Bonchev–Trinajstić information content (AvgIpc) is 2.15. The third-order valence-corrected chi connectivity index (χ3v) is 1.97. The lowest BCUT2D eigenvalue weighted by Gasteiger charge is -2.23. The van der Waals surface area contributed by atoms with Gasteiger partial charge >= 0.3 is 0 Å². The summed E-state index contributed by atoms with van der Waals surface area (Å²) in [5.74, 6) is 0. The zero-order chi connectivity index (χ0) is 11.9. The minimum absolute atomic E-state index is 0.0297. The Labute approximate surface area is 93.4 Å². The number of hydrogen-bond acceptors (Lipinski definition) is 2. The molecule has 0 spiro atoms. The van der Waals surface area contributed by atoms with E-state index in [1.54, 1.807) is 6.08 Å². The van der Waals surface area contributed by atoms with Crippen LogP contribution in [0.5, 0.6) is 0 Å². The highest BCUT2D eigenvalue weighted by Gasteiger charge is 2.13. The number of rotatable bonds is 5. The number of aliphatic hydroxyl groups is 1. The number of hydrogen-bond donors (Lipinski definition) is 2. The number of nitrogens with one attached hydrogen (secondary N) is 1. The van der Waals surface area contributed by atoms with Crippen molar-refractivity contribution in [2.45, 2.75) is 39.3 Å². The van der Waals surface area contributed by atoms with Gasteiger partial charge in [0.1, 0.15) is 0 Å². The Morgan fingerprint density at radius 1 is 1.47 bits per heavy atom. The van der Waals surface area contributed by atoms with E-state index >= 15 is 0 Å². The minimum atomic E-state index is -0.467. The van der Waals surface area contributed by atoms with Gasteiger partial charge in [0.15, 0.2) is 0 Å². The summed E-state index contributed by atoms with van der Waals surface area (Å²) in [6.45, 7) is 12.3.